The van der Waals surface area contributed by atoms with Crippen LogP contribution in [0.3, 0.4) is 0 Å². The van der Waals surface area contributed by atoms with Gasteiger partial charge < -0.3 is 24.7 Å². The van der Waals surface area contributed by atoms with Gasteiger partial charge in [-0.3, -0.25) is 0 Å². The Labute approximate surface area is 230 Å². The van der Waals surface area contributed by atoms with E-state index in [0.29, 0.717) is 27.6 Å². The quantitative estimate of drug-likeness (QED) is 0.201. The number of rotatable bonds is 6. The molecule has 1 heterocycles. The number of nitrogens with one attached hydrogen (secondary N) is 1. The summed E-state index contributed by atoms with van der Waals surface area (Å²) in [6.45, 7) is 0. The summed E-state index contributed by atoms with van der Waals surface area (Å²) in [5.41, 5.74) is 4.55. The molecule has 1 aromatic heterocycles. The SMILES string of the molecule is COc1ccc(O)c([C@@H](c2ccccc2OC)c2[nH]c3ccc(Cl)cc3c2-c2c(O)ccc3ccccc23)c1. The Morgan fingerprint density at radius 3 is 2.28 bits per heavy atom. The molecule has 6 aromatic rings. The number of phenolic OH excluding ortho intramolecular Hbond substituents is 2. The number of aromatic hydroxyl groups is 2. The molecule has 0 aliphatic carbocycles. The number of ether oxygens (including phenoxy) is 2. The molecule has 6 rings (SSSR count). The van der Waals surface area contributed by atoms with E-state index in [4.69, 9.17) is 21.1 Å². The second kappa shape index (κ2) is 9.93. The highest BCUT2D eigenvalue weighted by atomic mass is 35.5. The van der Waals surface area contributed by atoms with Crippen LogP contribution in [0.1, 0.15) is 22.7 Å². The molecule has 3 N–H and O–H groups in total. The molecule has 0 fully saturated rings. The number of aromatic amines is 1. The van der Waals surface area contributed by atoms with Gasteiger partial charge in [0, 0.05) is 43.9 Å². The average Bonchev–Trinajstić information content (AvgIpc) is 3.32. The minimum atomic E-state index is -0.518. The molecule has 5 aromatic carbocycles. The van der Waals surface area contributed by atoms with E-state index in [1.807, 2.05) is 78.9 Å². The van der Waals surface area contributed by atoms with Gasteiger partial charge in [0.2, 0.25) is 0 Å². The van der Waals surface area contributed by atoms with Gasteiger partial charge in [0.05, 0.1) is 20.1 Å². The predicted molar refractivity (Wildman–Crippen MR) is 157 cm³/mol. The van der Waals surface area contributed by atoms with Crippen molar-refractivity contribution < 1.29 is 19.7 Å². The number of benzene rings is 5. The van der Waals surface area contributed by atoms with E-state index >= 15 is 0 Å². The Balaban J connectivity index is 1.78. The summed E-state index contributed by atoms with van der Waals surface area (Å²) in [6.07, 6.45) is 0. The first-order chi connectivity index (χ1) is 19.0. The first kappa shape index (κ1) is 24.7. The lowest BCUT2D eigenvalue weighted by atomic mass is 9.83. The van der Waals surface area contributed by atoms with Crippen molar-refractivity contribution in [1.82, 2.24) is 4.98 Å². The molecule has 0 spiro atoms. The molecule has 0 saturated carbocycles. The molecule has 6 heteroatoms. The second-order valence-electron chi connectivity index (χ2n) is 9.38. The molecule has 0 bridgehead atoms. The molecule has 0 saturated heterocycles. The lowest BCUT2D eigenvalue weighted by Gasteiger charge is -2.23. The van der Waals surface area contributed by atoms with Crippen molar-refractivity contribution in [3.63, 3.8) is 0 Å². The van der Waals surface area contributed by atoms with Gasteiger partial charge in [0.25, 0.3) is 0 Å². The maximum atomic E-state index is 11.4. The predicted octanol–water partition coefficient (Wildman–Crippen LogP) is 8.25. The zero-order valence-corrected chi connectivity index (χ0v) is 22.2. The summed E-state index contributed by atoms with van der Waals surface area (Å²) in [5, 5.41) is 25.9. The summed E-state index contributed by atoms with van der Waals surface area (Å²) in [5.74, 6) is 1.00. The van der Waals surface area contributed by atoms with Crippen molar-refractivity contribution in [3.8, 4) is 34.1 Å². The Hall–Kier alpha value is -4.61. The molecule has 0 amide bonds. The van der Waals surface area contributed by atoms with E-state index < -0.39 is 5.92 Å². The van der Waals surface area contributed by atoms with Crippen LogP contribution in [0, 0.1) is 0 Å². The minimum absolute atomic E-state index is 0.108. The monoisotopic (exact) mass is 535 g/mol. The molecule has 0 radical (unpaired) electrons. The van der Waals surface area contributed by atoms with Gasteiger partial charge in [-0.1, -0.05) is 60.1 Å². The highest BCUT2D eigenvalue weighted by Gasteiger charge is 2.30. The fourth-order valence-corrected chi connectivity index (χ4v) is 5.64. The number of hydrogen-bond acceptors (Lipinski definition) is 4. The summed E-state index contributed by atoms with van der Waals surface area (Å²) < 4.78 is 11.3. The highest BCUT2D eigenvalue weighted by Crippen LogP contribution is 2.50. The Bertz CT molecular complexity index is 1840. The number of para-hydroxylation sites is 1. The fourth-order valence-electron chi connectivity index (χ4n) is 5.47. The second-order valence-corrected chi connectivity index (χ2v) is 9.82. The summed E-state index contributed by atoms with van der Waals surface area (Å²) in [6, 6.07) is 30.1. The number of H-pyrrole nitrogens is 1. The third-order valence-electron chi connectivity index (χ3n) is 7.23. The van der Waals surface area contributed by atoms with Crippen LogP contribution >= 0.6 is 11.6 Å². The van der Waals surface area contributed by atoms with Crippen LogP contribution in [0.5, 0.6) is 23.0 Å². The van der Waals surface area contributed by atoms with Crippen LogP contribution in [0.25, 0.3) is 32.8 Å². The number of halogens is 1. The maximum absolute atomic E-state index is 11.4. The van der Waals surface area contributed by atoms with E-state index in [9.17, 15) is 10.2 Å². The summed E-state index contributed by atoms with van der Waals surface area (Å²) in [4.78, 5) is 3.62. The standard InChI is InChI=1S/C33H26ClNO4/c1-38-21-13-16-27(36)25(18-21)30(23-9-5-6-10-29(23)39-2)33-32(24-17-20(34)12-14-26(24)35-33)31-22-8-4-3-7-19(22)11-15-28(31)37/h3-18,30,35-37H,1-2H3/t30-/m1/s1. The van der Waals surface area contributed by atoms with Crippen LogP contribution in [-0.2, 0) is 0 Å². The van der Waals surface area contributed by atoms with E-state index in [-0.39, 0.29) is 11.5 Å². The molecule has 1 atom stereocenters. The summed E-state index contributed by atoms with van der Waals surface area (Å²) in [7, 11) is 3.22. The average molecular weight is 536 g/mol. The Morgan fingerprint density at radius 1 is 0.692 bits per heavy atom. The summed E-state index contributed by atoms with van der Waals surface area (Å²) >= 11 is 6.52. The minimum Gasteiger partial charge on any atom is -0.508 e. The smallest absolute Gasteiger partial charge is 0.124 e. The highest BCUT2D eigenvalue weighted by molar-refractivity contribution is 6.31. The molecule has 5 nitrogen and oxygen atoms in total. The van der Waals surface area contributed by atoms with Gasteiger partial charge in [-0.2, -0.15) is 0 Å². The van der Waals surface area contributed by atoms with Gasteiger partial charge in [0.1, 0.15) is 23.0 Å². The van der Waals surface area contributed by atoms with Crippen molar-refractivity contribution >= 4 is 33.3 Å². The zero-order valence-electron chi connectivity index (χ0n) is 21.4. The zero-order chi connectivity index (χ0) is 27.1. The van der Waals surface area contributed by atoms with E-state index in [1.54, 1.807) is 32.4 Å². The third-order valence-corrected chi connectivity index (χ3v) is 7.47. The topological polar surface area (TPSA) is 74.7 Å². The van der Waals surface area contributed by atoms with Crippen molar-refractivity contribution in [2.45, 2.75) is 5.92 Å². The number of phenols is 2. The fraction of sp³-hybridized carbons (Fsp3) is 0.0909. The van der Waals surface area contributed by atoms with Crippen LogP contribution < -0.4 is 9.47 Å². The van der Waals surface area contributed by atoms with Crippen molar-refractivity contribution in [2.75, 3.05) is 14.2 Å². The molecule has 0 aliphatic heterocycles. The maximum Gasteiger partial charge on any atom is 0.124 e. The van der Waals surface area contributed by atoms with E-state index in [0.717, 1.165) is 38.5 Å². The van der Waals surface area contributed by atoms with Gasteiger partial charge in [-0.15, -0.1) is 0 Å². The van der Waals surface area contributed by atoms with Gasteiger partial charge in [-0.25, -0.2) is 0 Å². The largest absolute Gasteiger partial charge is 0.508 e. The first-order valence-electron chi connectivity index (χ1n) is 12.5. The first-order valence-corrected chi connectivity index (χ1v) is 12.9. The van der Waals surface area contributed by atoms with Crippen LogP contribution in [0.15, 0.2) is 97.1 Å². The van der Waals surface area contributed by atoms with Crippen molar-refractivity contribution in [2.24, 2.45) is 0 Å². The third kappa shape index (κ3) is 4.21. The number of hydrogen-bond donors (Lipinski definition) is 3. The van der Waals surface area contributed by atoms with Gasteiger partial charge in [-0.05, 0) is 59.3 Å². The number of fused-ring (bicyclic) bond motifs is 2. The molecule has 0 aliphatic rings. The molecule has 39 heavy (non-hydrogen) atoms. The number of aromatic nitrogens is 1. The van der Waals surface area contributed by atoms with Gasteiger partial charge in [0.15, 0.2) is 0 Å². The van der Waals surface area contributed by atoms with Crippen molar-refractivity contribution in [3.05, 3.63) is 119 Å². The van der Waals surface area contributed by atoms with E-state index in [1.165, 1.54) is 0 Å². The lowest BCUT2D eigenvalue weighted by molar-refractivity contribution is 0.405. The van der Waals surface area contributed by atoms with E-state index in [2.05, 4.69) is 4.98 Å². The van der Waals surface area contributed by atoms with Gasteiger partial charge >= 0.3 is 0 Å². The van der Waals surface area contributed by atoms with Crippen LogP contribution in [0.2, 0.25) is 5.02 Å². The molecular formula is C33H26ClNO4. The molecular weight excluding hydrogens is 510 g/mol. The normalized spacial score (nSPS) is 12.1. The molecule has 0 unspecified atom stereocenters. The Kier molecular flexibility index (Phi) is 6.29. The number of methoxy groups -OCH3 is 2. The lowest BCUT2D eigenvalue weighted by Crippen LogP contribution is -2.08. The Morgan fingerprint density at radius 2 is 1.46 bits per heavy atom. The van der Waals surface area contributed by atoms with Crippen LogP contribution in [-0.4, -0.2) is 29.4 Å². The van der Waals surface area contributed by atoms with Crippen molar-refractivity contribution in [1.29, 1.82) is 0 Å². The molecule has 194 valence electrons. The van der Waals surface area contributed by atoms with Crippen LogP contribution in [0.4, 0.5) is 0 Å².